The number of benzene rings is 2. The van der Waals surface area contributed by atoms with Gasteiger partial charge in [-0.1, -0.05) is 23.7 Å². The van der Waals surface area contributed by atoms with Crippen molar-refractivity contribution in [3.63, 3.8) is 0 Å². The van der Waals surface area contributed by atoms with Crippen molar-refractivity contribution in [3.8, 4) is 5.75 Å². The number of hydrogen-bond donors (Lipinski definition) is 2. The molecule has 1 atom stereocenters. The first-order chi connectivity index (χ1) is 10.5. The summed E-state index contributed by atoms with van der Waals surface area (Å²) in [6.07, 6.45) is 1.59. The molecule has 0 saturated carbocycles. The average molecular weight is 322 g/mol. The van der Waals surface area contributed by atoms with Crippen LogP contribution in [0.25, 0.3) is 0 Å². The van der Waals surface area contributed by atoms with E-state index in [0.29, 0.717) is 17.1 Å². The number of rotatable bonds is 5. The third-order valence-electron chi connectivity index (χ3n) is 3.46. The molecule has 5 heteroatoms. The first-order valence-corrected chi connectivity index (χ1v) is 7.39. The number of aromatic hydroxyl groups is 1. The van der Waals surface area contributed by atoms with Gasteiger partial charge in [-0.15, -0.1) is 0 Å². The Balaban J connectivity index is 2.15. The number of hydrogen-bond acceptors (Lipinski definition) is 2. The molecule has 0 fully saturated rings. The third-order valence-corrected chi connectivity index (χ3v) is 3.69. The molecule has 0 aromatic heterocycles. The van der Waals surface area contributed by atoms with Crippen LogP contribution in [0.5, 0.6) is 5.75 Å². The van der Waals surface area contributed by atoms with Crippen LogP contribution in [0.2, 0.25) is 5.02 Å². The summed E-state index contributed by atoms with van der Waals surface area (Å²) < 4.78 is 13.4. The van der Waals surface area contributed by atoms with Crippen molar-refractivity contribution in [2.45, 2.75) is 6.04 Å². The quantitative estimate of drug-likeness (QED) is 0.816. The number of nitrogens with zero attached hydrogens (tertiary/aromatic N) is 1. The van der Waals surface area contributed by atoms with E-state index in [-0.39, 0.29) is 17.6 Å². The van der Waals surface area contributed by atoms with E-state index < -0.39 is 0 Å². The monoisotopic (exact) mass is 321 g/mol. The zero-order chi connectivity index (χ0) is 16.1. The Hall–Kier alpha value is -1.91. The van der Waals surface area contributed by atoms with E-state index in [1.165, 1.54) is 18.2 Å². The summed E-state index contributed by atoms with van der Waals surface area (Å²) >= 11 is 5.90. The maximum absolute atomic E-state index is 13.4. The molecule has 0 unspecified atom stereocenters. The molecule has 116 valence electrons. The van der Waals surface area contributed by atoms with Gasteiger partial charge in [-0.3, -0.25) is 4.99 Å². The van der Waals surface area contributed by atoms with Crippen LogP contribution in [0.1, 0.15) is 17.2 Å². The molecule has 0 radical (unpaired) electrons. The highest BCUT2D eigenvalue weighted by molar-refractivity contribution is 6.30. The Morgan fingerprint density at radius 3 is 2.73 bits per heavy atom. The molecular weight excluding hydrogens is 303 g/mol. The van der Waals surface area contributed by atoms with Crippen LogP contribution in [0.3, 0.4) is 0 Å². The summed E-state index contributed by atoms with van der Waals surface area (Å²) in [6.45, 7) is 0.484. The molecule has 0 saturated heterocycles. The third kappa shape index (κ3) is 4.29. The average Bonchev–Trinajstić information content (AvgIpc) is 2.46. The topological polar surface area (TPSA) is 37.0 Å². The lowest BCUT2D eigenvalue weighted by molar-refractivity contribution is -0.890. The van der Waals surface area contributed by atoms with Crippen LogP contribution < -0.4 is 4.90 Å². The van der Waals surface area contributed by atoms with Crippen molar-refractivity contribution in [1.82, 2.24) is 0 Å². The summed E-state index contributed by atoms with van der Waals surface area (Å²) in [7, 11) is 4.00. The highest BCUT2D eigenvalue weighted by atomic mass is 35.5. The van der Waals surface area contributed by atoms with Crippen LogP contribution in [0, 0.1) is 5.82 Å². The molecule has 0 bridgehead atoms. The molecule has 0 heterocycles. The van der Waals surface area contributed by atoms with Gasteiger partial charge in [0.1, 0.15) is 17.6 Å². The van der Waals surface area contributed by atoms with Gasteiger partial charge in [-0.2, -0.15) is 0 Å². The number of nitrogens with one attached hydrogen (secondary N) is 1. The molecule has 2 rings (SSSR count). The van der Waals surface area contributed by atoms with Crippen LogP contribution in [0.15, 0.2) is 47.5 Å². The van der Waals surface area contributed by atoms with Crippen molar-refractivity contribution in [3.05, 3.63) is 64.4 Å². The zero-order valence-electron chi connectivity index (χ0n) is 12.6. The van der Waals surface area contributed by atoms with E-state index in [1.54, 1.807) is 24.4 Å². The van der Waals surface area contributed by atoms with E-state index in [0.717, 1.165) is 10.5 Å². The minimum Gasteiger partial charge on any atom is -0.507 e. The molecule has 2 aromatic carbocycles. The number of quaternary nitrogens is 1. The molecule has 2 aromatic rings. The molecule has 2 N–H and O–H groups in total. The standard InChI is InChI=1S/C17H18ClFN2O/c1-21(2)16(12-4-3-5-15(19)9-12)11-20-10-13-8-14(18)6-7-17(13)22/h3-10,16,22H,11H2,1-2H3/p+1/t16-/m0/s1. The summed E-state index contributed by atoms with van der Waals surface area (Å²) in [6, 6.07) is 11.4. The van der Waals surface area contributed by atoms with Crippen molar-refractivity contribution >= 4 is 17.8 Å². The van der Waals surface area contributed by atoms with Gasteiger partial charge < -0.3 is 10.0 Å². The van der Waals surface area contributed by atoms with E-state index >= 15 is 0 Å². The lowest BCUT2D eigenvalue weighted by Gasteiger charge is -2.20. The van der Waals surface area contributed by atoms with Crippen molar-refractivity contribution < 1.29 is 14.4 Å². The predicted molar refractivity (Wildman–Crippen MR) is 87.5 cm³/mol. The zero-order valence-corrected chi connectivity index (χ0v) is 13.3. The molecule has 0 aliphatic rings. The first-order valence-electron chi connectivity index (χ1n) is 7.01. The van der Waals surface area contributed by atoms with E-state index in [1.807, 2.05) is 20.2 Å². The molecular formula is C17H19ClFN2O+. The van der Waals surface area contributed by atoms with E-state index in [9.17, 15) is 9.50 Å². The minimum atomic E-state index is -0.250. The molecule has 0 aliphatic carbocycles. The number of likely N-dealkylation sites (N-methyl/N-ethyl adjacent to an activating group) is 1. The second kappa shape index (κ2) is 7.38. The van der Waals surface area contributed by atoms with Gasteiger partial charge in [0.2, 0.25) is 0 Å². The Labute approximate surface area is 134 Å². The Kier molecular flexibility index (Phi) is 5.52. The maximum atomic E-state index is 13.4. The van der Waals surface area contributed by atoms with Crippen LogP contribution in [0.4, 0.5) is 4.39 Å². The van der Waals surface area contributed by atoms with E-state index in [2.05, 4.69) is 4.99 Å². The molecule has 22 heavy (non-hydrogen) atoms. The second-order valence-corrected chi connectivity index (χ2v) is 5.82. The van der Waals surface area contributed by atoms with Gasteiger partial charge >= 0.3 is 0 Å². The van der Waals surface area contributed by atoms with Gasteiger partial charge in [-0.25, -0.2) is 4.39 Å². The maximum Gasteiger partial charge on any atom is 0.133 e. The fourth-order valence-electron chi connectivity index (χ4n) is 2.23. The SMILES string of the molecule is C[NH+](C)[C@@H](CN=Cc1cc(Cl)ccc1O)c1cccc(F)c1. The number of aliphatic imine (C=N–C) groups is 1. The molecule has 3 nitrogen and oxygen atoms in total. The van der Waals surface area contributed by atoms with Gasteiger partial charge in [0, 0.05) is 22.4 Å². The number of phenols is 1. The van der Waals surface area contributed by atoms with Crippen LogP contribution in [-0.4, -0.2) is 32.0 Å². The normalized spacial score (nSPS) is 13.0. The van der Waals surface area contributed by atoms with Gasteiger partial charge in [0.25, 0.3) is 0 Å². The lowest BCUT2D eigenvalue weighted by atomic mass is 10.1. The summed E-state index contributed by atoms with van der Waals surface area (Å²) in [4.78, 5) is 5.54. The van der Waals surface area contributed by atoms with Crippen LogP contribution in [-0.2, 0) is 0 Å². The number of halogens is 2. The summed E-state index contributed by atoms with van der Waals surface area (Å²) in [5, 5.41) is 10.3. The second-order valence-electron chi connectivity index (χ2n) is 5.38. The Bertz CT molecular complexity index is 673. The smallest absolute Gasteiger partial charge is 0.133 e. The van der Waals surface area contributed by atoms with Gasteiger partial charge in [0.15, 0.2) is 0 Å². The highest BCUT2D eigenvalue weighted by Gasteiger charge is 2.17. The fourth-order valence-corrected chi connectivity index (χ4v) is 2.41. The Morgan fingerprint density at radius 2 is 2.05 bits per heavy atom. The highest BCUT2D eigenvalue weighted by Crippen LogP contribution is 2.20. The van der Waals surface area contributed by atoms with Crippen LogP contribution >= 0.6 is 11.6 Å². The van der Waals surface area contributed by atoms with Gasteiger partial charge in [-0.05, 0) is 30.3 Å². The Morgan fingerprint density at radius 1 is 1.27 bits per heavy atom. The largest absolute Gasteiger partial charge is 0.507 e. The van der Waals surface area contributed by atoms with Crippen molar-refractivity contribution in [2.75, 3.05) is 20.6 Å². The molecule has 0 amide bonds. The predicted octanol–water partition coefficient (Wildman–Crippen LogP) is 2.49. The summed E-state index contributed by atoms with van der Waals surface area (Å²) in [5.41, 5.74) is 1.46. The van der Waals surface area contributed by atoms with Crippen molar-refractivity contribution in [2.24, 2.45) is 4.99 Å². The molecule has 0 aliphatic heterocycles. The fraction of sp³-hybridized carbons (Fsp3) is 0.235. The van der Waals surface area contributed by atoms with Crippen molar-refractivity contribution in [1.29, 1.82) is 0 Å². The summed E-state index contributed by atoms with van der Waals surface area (Å²) in [5.74, 6) is -0.118. The van der Waals surface area contributed by atoms with Gasteiger partial charge in [0.05, 0.1) is 20.6 Å². The molecule has 0 spiro atoms. The number of phenolic OH excluding ortho intramolecular Hbond substituents is 1. The van der Waals surface area contributed by atoms with E-state index in [4.69, 9.17) is 11.6 Å². The lowest BCUT2D eigenvalue weighted by Crippen LogP contribution is -3.06. The minimum absolute atomic E-state index is 0.0354. The first kappa shape index (κ1) is 16.5.